The summed E-state index contributed by atoms with van der Waals surface area (Å²) in [4.78, 5) is 4.31. The molecule has 2 heterocycles. The predicted molar refractivity (Wildman–Crippen MR) is 101 cm³/mol. The third-order valence-electron chi connectivity index (χ3n) is 4.65. The molecule has 2 aromatic heterocycles. The molecule has 1 aliphatic rings. The fourth-order valence-corrected chi connectivity index (χ4v) is 4.66. The number of guanidine groups is 1. The van der Waals surface area contributed by atoms with Crippen LogP contribution in [0.4, 0.5) is 0 Å². The lowest BCUT2D eigenvalue weighted by atomic mass is 9.95. The van der Waals surface area contributed by atoms with Crippen LogP contribution in [0.15, 0.2) is 29.4 Å². The molecule has 25 heavy (non-hydrogen) atoms. The molecule has 0 radical (unpaired) electrons. The maximum Gasteiger partial charge on any atom is 0.191 e. The van der Waals surface area contributed by atoms with Gasteiger partial charge in [0.15, 0.2) is 17.4 Å². The summed E-state index contributed by atoms with van der Waals surface area (Å²) in [5, 5.41) is 15.5. The number of aromatic nitrogens is 3. The molecule has 1 saturated carbocycles. The lowest BCUT2D eigenvalue weighted by Crippen LogP contribution is -2.46. The summed E-state index contributed by atoms with van der Waals surface area (Å²) in [6.45, 7) is 2.54. The van der Waals surface area contributed by atoms with E-state index < -0.39 is 10.8 Å². The van der Waals surface area contributed by atoms with Gasteiger partial charge in [-0.3, -0.25) is 13.6 Å². The van der Waals surface area contributed by atoms with E-state index in [1.807, 2.05) is 35.7 Å². The Morgan fingerprint density at radius 2 is 2.28 bits per heavy atom. The van der Waals surface area contributed by atoms with Crippen LogP contribution in [-0.2, 0) is 17.3 Å². The number of pyridine rings is 1. The van der Waals surface area contributed by atoms with E-state index in [4.69, 9.17) is 0 Å². The van der Waals surface area contributed by atoms with E-state index in [-0.39, 0.29) is 0 Å². The minimum Gasteiger partial charge on any atom is -0.354 e. The highest BCUT2D eigenvalue weighted by Crippen LogP contribution is 2.22. The molecule has 3 atom stereocenters. The van der Waals surface area contributed by atoms with E-state index in [9.17, 15) is 4.21 Å². The minimum absolute atomic E-state index is 0.301. The SMILES string of the molecule is CCS(=O)C1CCCC(NC(=NC)NCc2nnc3ccccn23)C1. The Balaban J connectivity index is 1.57. The number of nitrogens with one attached hydrogen (secondary N) is 2. The van der Waals surface area contributed by atoms with Crippen LogP contribution >= 0.6 is 0 Å². The van der Waals surface area contributed by atoms with Crippen LogP contribution in [0.2, 0.25) is 0 Å². The van der Waals surface area contributed by atoms with Crippen LogP contribution in [0.25, 0.3) is 5.65 Å². The van der Waals surface area contributed by atoms with E-state index in [1.165, 1.54) is 0 Å². The highest BCUT2D eigenvalue weighted by atomic mass is 32.2. The maximum atomic E-state index is 12.1. The molecule has 0 spiro atoms. The summed E-state index contributed by atoms with van der Waals surface area (Å²) in [7, 11) is 1.05. The average Bonchev–Trinajstić information content (AvgIpc) is 3.08. The number of nitrogens with zero attached hydrogens (tertiary/aromatic N) is 4. The lowest BCUT2D eigenvalue weighted by Gasteiger charge is -2.30. The zero-order valence-electron chi connectivity index (χ0n) is 14.8. The molecule has 3 unspecified atom stereocenters. The van der Waals surface area contributed by atoms with Gasteiger partial charge in [0.2, 0.25) is 0 Å². The van der Waals surface area contributed by atoms with E-state index in [2.05, 4.69) is 25.8 Å². The number of aliphatic imine (C=N–C) groups is 1. The van der Waals surface area contributed by atoms with Gasteiger partial charge in [0.25, 0.3) is 0 Å². The number of hydrogen-bond acceptors (Lipinski definition) is 4. The molecule has 136 valence electrons. The van der Waals surface area contributed by atoms with Crippen molar-refractivity contribution >= 4 is 22.4 Å². The number of fused-ring (bicyclic) bond motifs is 1. The number of hydrogen-bond donors (Lipinski definition) is 2. The monoisotopic (exact) mass is 362 g/mol. The van der Waals surface area contributed by atoms with Crippen LogP contribution in [0.1, 0.15) is 38.4 Å². The molecule has 8 heteroatoms. The standard InChI is InChI=1S/C17H26N6OS/c1-3-25(24)14-8-6-7-13(11-14)20-17(18-2)19-12-16-22-21-15-9-4-5-10-23(15)16/h4-5,9-10,13-14H,3,6-8,11-12H2,1-2H3,(H2,18,19,20). The van der Waals surface area contributed by atoms with Crippen molar-refractivity contribution in [2.24, 2.45) is 4.99 Å². The summed E-state index contributed by atoms with van der Waals surface area (Å²) in [6.07, 6.45) is 6.16. The van der Waals surface area contributed by atoms with Gasteiger partial charge >= 0.3 is 0 Å². The zero-order valence-corrected chi connectivity index (χ0v) is 15.6. The number of rotatable bonds is 5. The third-order valence-corrected chi connectivity index (χ3v) is 6.39. The van der Waals surface area contributed by atoms with Gasteiger partial charge in [-0.2, -0.15) is 0 Å². The molecule has 1 fully saturated rings. The van der Waals surface area contributed by atoms with Crippen LogP contribution in [0, 0.1) is 0 Å². The molecule has 2 aromatic rings. The topological polar surface area (TPSA) is 83.7 Å². The van der Waals surface area contributed by atoms with Crippen LogP contribution < -0.4 is 10.6 Å². The highest BCUT2D eigenvalue weighted by molar-refractivity contribution is 7.85. The fourth-order valence-electron chi connectivity index (χ4n) is 3.31. The van der Waals surface area contributed by atoms with Gasteiger partial charge in [-0.05, 0) is 31.4 Å². The quantitative estimate of drug-likeness (QED) is 0.622. The van der Waals surface area contributed by atoms with Gasteiger partial charge in [0.1, 0.15) is 0 Å². The average molecular weight is 363 g/mol. The molecule has 7 nitrogen and oxygen atoms in total. The van der Waals surface area contributed by atoms with E-state index >= 15 is 0 Å². The van der Waals surface area contributed by atoms with Crippen molar-refractivity contribution < 1.29 is 4.21 Å². The van der Waals surface area contributed by atoms with Crippen LogP contribution in [0.5, 0.6) is 0 Å². The van der Waals surface area contributed by atoms with Crippen molar-refractivity contribution in [3.63, 3.8) is 0 Å². The molecule has 0 bridgehead atoms. The third kappa shape index (κ3) is 4.36. The molecule has 0 amide bonds. The molecule has 0 aliphatic heterocycles. The van der Waals surface area contributed by atoms with Crippen molar-refractivity contribution in [2.45, 2.75) is 50.4 Å². The van der Waals surface area contributed by atoms with Crippen LogP contribution in [-0.4, -0.2) is 48.9 Å². The summed E-state index contributed by atoms with van der Waals surface area (Å²) in [5.41, 5.74) is 0.833. The van der Waals surface area contributed by atoms with Crippen molar-refractivity contribution in [1.82, 2.24) is 25.2 Å². The molecule has 2 N–H and O–H groups in total. The predicted octanol–water partition coefficient (Wildman–Crippen LogP) is 1.47. The highest BCUT2D eigenvalue weighted by Gasteiger charge is 2.26. The first kappa shape index (κ1) is 17.8. The van der Waals surface area contributed by atoms with Gasteiger partial charge in [-0.25, -0.2) is 0 Å². The van der Waals surface area contributed by atoms with Gasteiger partial charge in [-0.15, -0.1) is 10.2 Å². The molecular formula is C17H26N6OS. The largest absolute Gasteiger partial charge is 0.354 e. The molecular weight excluding hydrogens is 336 g/mol. The van der Waals surface area contributed by atoms with Crippen LogP contribution in [0.3, 0.4) is 0 Å². The Kier molecular flexibility index (Phi) is 6.01. The lowest BCUT2D eigenvalue weighted by molar-refractivity contribution is 0.413. The first-order chi connectivity index (χ1) is 12.2. The van der Waals surface area contributed by atoms with E-state index in [0.717, 1.165) is 48.9 Å². The second-order valence-corrected chi connectivity index (χ2v) is 8.28. The van der Waals surface area contributed by atoms with Crippen molar-refractivity contribution in [2.75, 3.05) is 12.8 Å². The summed E-state index contributed by atoms with van der Waals surface area (Å²) >= 11 is 0. The second-order valence-electron chi connectivity index (χ2n) is 6.27. The summed E-state index contributed by atoms with van der Waals surface area (Å²) in [6, 6.07) is 6.15. The molecule has 0 aromatic carbocycles. The molecule has 1 aliphatic carbocycles. The zero-order chi connectivity index (χ0) is 17.6. The maximum absolute atomic E-state index is 12.1. The second kappa shape index (κ2) is 8.42. The van der Waals surface area contributed by atoms with Crippen molar-refractivity contribution in [3.05, 3.63) is 30.2 Å². The van der Waals surface area contributed by atoms with Gasteiger partial charge in [0.05, 0.1) is 6.54 Å². The minimum atomic E-state index is -0.717. The van der Waals surface area contributed by atoms with Crippen molar-refractivity contribution in [1.29, 1.82) is 0 Å². The molecule has 0 saturated heterocycles. The Morgan fingerprint density at radius 3 is 3.08 bits per heavy atom. The van der Waals surface area contributed by atoms with E-state index in [0.29, 0.717) is 17.8 Å². The Hall–Kier alpha value is -1.96. The fraction of sp³-hybridized carbons (Fsp3) is 0.588. The first-order valence-corrected chi connectivity index (χ1v) is 10.2. The Morgan fingerprint density at radius 1 is 1.40 bits per heavy atom. The van der Waals surface area contributed by atoms with Gasteiger partial charge < -0.3 is 10.6 Å². The van der Waals surface area contributed by atoms with Gasteiger partial charge in [0, 0.05) is 41.1 Å². The normalized spacial score (nSPS) is 22.7. The van der Waals surface area contributed by atoms with Gasteiger partial charge in [-0.1, -0.05) is 19.4 Å². The smallest absolute Gasteiger partial charge is 0.191 e. The summed E-state index contributed by atoms with van der Waals surface area (Å²) < 4.78 is 14.1. The van der Waals surface area contributed by atoms with E-state index in [1.54, 1.807) is 7.05 Å². The molecule has 3 rings (SSSR count). The van der Waals surface area contributed by atoms with Crippen molar-refractivity contribution in [3.8, 4) is 0 Å². The Labute approximate surface area is 150 Å². The summed E-state index contributed by atoms with van der Waals surface area (Å²) in [5.74, 6) is 2.33. The first-order valence-electron chi connectivity index (χ1n) is 8.84. The Bertz CT molecular complexity index is 758.